The highest BCUT2D eigenvalue weighted by Crippen LogP contribution is 2.42. The summed E-state index contributed by atoms with van der Waals surface area (Å²) in [7, 11) is 0. The number of nitrogens with zero attached hydrogens (tertiary/aromatic N) is 1. The Morgan fingerprint density at radius 1 is 0.933 bits per heavy atom. The summed E-state index contributed by atoms with van der Waals surface area (Å²) in [6.07, 6.45) is 2.38. The first kappa shape index (κ1) is 20.0. The topological polar surface area (TPSA) is 80.8 Å². The van der Waals surface area contributed by atoms with Crippen molar-refractivity contribution in [1.82, 2.24) is 0 Å². The molecule has 0 aromatic heterocycles. The Morgan fingerprint density at radius 2 is 1.63 bits per heavy atom. The van der Waals surface area contributed by atoms with Gasteiger partial charge < -0.3 is 4.74 Å². The molecule has 2 aromatic rings. The molecule has 0 radical (unpaired) electrons. The highest BCUT2D eigenvalue weighted by molar-refractivity contribution is 6.22. The molecular formula is C24H23NO5. The molecule has 4 rings (SSSR count). The predicted octanol–water partition coefficient (Wildman–Crippen LogP) is 3.65. The van der Waals surface area contributed by atoms with Crippen molar-refractivity contribution in [2.24, 2.45) is 17.8 Å². The molecule has 0 unspecified atom stereocenters. The normalized spacial score (nSPS) is 23.2. The molecule has 154 valence electrons. The molecule has 6 heteroatoms. The van der Waals surface area contributed by atoms with Crippen molar-refractivity contribution in [1.29, 1.82) is 0 Å². The van der Waals surface area contributed by atoms with E-state index in [0.29, 0.717) is 17.2 Å². The van der Waals surface area contributed by atoms with E-state index in [1.165, 1.54) is 11.0 Å². The van der Waals surface area contributed by atoms with Gasteiger partial charge in [-0.3, -0.25) is 19.3 Å². The minimum atomic E-state index is -0.675. The Kier molecular flexibility index (Phi) is 5.48. The Bertz CT molecular complexity index is 1000. The van der Waals surface area contributed by atoms with Crippen LogP contribution in [-0.2, 0) is 14.3 Å². The van der Waals surface area contributed by atoms with Crippen molar-refractivity contribution < 1.29 is 23.9 Å². The van der Waals surface area contributed by atoms with Crippen molar-refractivity contribution in [2.45, 2.75) is 26.2 Å². The summed E-state index contributed by atoms with van der Waals surface area (Å²) < 4.78 is 5.15. The highest BCUT2D eigenvalue weighted by Gasteiger charge is 2.50. The number of fused-ring (bicyclic) bond motifs is 1. The number of hydrogen-bond acceptors (Lipinski definition) is 5. The first-order valence-corrected chi connectivity index (χ1v) is 10.2. The van der Waals surface area contributed by atoms with Crippen LogP contribution in [0.25, 0.3) is 0 Å². The fourth-order valence-corrected chi connectivity index (χ4v) is 4.34. The second-order valence-corrected chi connectivity index (χ2v) is 8.06. The lowest BCUT2D eigenvalue weighted by Gasteiger charge is -2.25. The van der Waals surface area contributed by atoms with E-state index in [9.17, 15) is 19.2 Å². The van der Waals surface area contributed by atoms with E-state index in [4.69, 9.17) is 4.74 Å². The molecule has 2 aromatic carbocycles. The third-order valence-corrected chi connectivity index (χ3v) is 5.96. The molecule has 30 heavy (non-hydrogen) atoms. The van der Waals surface area contributed by atoms with Crippen LogP contribution in [0.2, 0.25) is 0 Å². The van der Waals surface area contributed by atoms with Crippen LogP contribution in [0.5, 0.6) is 0 Å². The van der Waals surface area contributed by atoms with Gasteiger partial charge in [0.1, 0.15) is 0 Å². The Balaban J connectivity index is 1.47. The van der Waals surface area contributed by atoms with E-state index in [1.54, 1.807) is 48.5 Å². The second kappa shape index (κ2) is 8.22. The summed E-state index contributed by atoms with van der Waals surface area (Å²) in [6.45, 7) is 1.72. The third-order valence-electron chi connectivity index (χ3n) is 5.96. The van der Waals surface area contributed by atoms with E-state index < -0.39 is 5.97 Å². The number of imide groups is 1. The monoisotopic (exact) mass is 405 g/mol. The Hall–Kier alpha value is -3.28. The standard InChI is InChI=1S/C24H23NO5/c1-15-10-11-19-20(12-15)23(28)25(22(19)27)18-9-5-8-17(13-18)24(29)30-14-21(26)16-6-3-2-4-7-16/h2-9,13,15,19-20H,10-12,14H2,1H3/t15-,19-,20+/m1/s1. The number of hydrogen-bond donors (Lipinski definition) is 0. The molecule has 1 aliphatic carbocycles. The molecule has 2 aliphatic rings. The molecule has 2 fully saturated rings. The van der Waals surface area contributed by atoms with Crippen molar-refractivity contribution in [3.63, 3.8) is 0 Å². The van der Waals surface area contributed by atoms with Gasteiger partial charge in [-0.15, -0.1) is 0 Å². The molecule has 1 saturated carbocycles. The number of anilines is 1. The van der Waals surface area contributed by atoms with Crippen molar-refractivity contribution in [2.75, 3.05) is 11.5 Å². The van der Waals surface area contributed by atoms with Gasteiger partial charge in [0.15, 0.2) is 12.4 Å². The molecule has 0 spiro atoms. The van der Waals surface area contributed by atoms with E-state index in [-0.39, 0.29) is 41.6 Å². The Labute approximate surface area is 174 Å². The van der Waals surface area contributed by atoms with Crippen LogP contribution in [0.15, 0.2) is 54.6 Å². The fourth-order valence-electron chi connectivity index (χ4n) is 4.34. The van der Waals surface area contributed by atoms with Crippen LogP contribution in [0.3, 0.4) is 0 Å². The summed E-state index contributed by atoms with van der Waals surface area (Å²) >= 11 is 0. The third kappa shape index (κ3) is 3.77. The number of ketones is 1. The lowest BCUT2D eigenvalue weighted by molar-refractivity contribution is -0.122. The molecule has 1 heterocycles. The number of benzene rings is 2. The minimum absolute atomic E-state index is 0.192. The number of Topliss-reactive ketones (excluding diaryl/α,β-unsaturated/α-hetero) is 1. The molecule has 0 bridgehead atoms. The average molecular weight is 405 g/mol. The molecule has 1 saturated heterocycles. The zero-order valence-electron chi connectivity index (χ0n) is 16.7. The van der Waals surface area contributed by atoms with Crippen molar-refractivity contribution in [3.05, 3.63) is 65.7 Å². The summed E-state index contributed by atoms with van der Waals surface area (Å²) in [5.74, 6) is -1.49. The van der Waals surface area contributed by atoms with E-state index in [0.717, 1.165) is 19.3 Å². The molecular weight excluding hydrogens is 382 g/mol. The second-order valence-electron chi connectivity index (χ2n) is 8.06. The summed E-state index contributed by atoms with van der Waals surface area (Å²) in [5.41, 5.74) is 1.03. The molecule has 3 atom stereocenters. The van der Waals surface area contributed by atoms with Gasteiger partial charge in [-0.25, -0.2) is 4.79 Å². The molecule has 2 amide bonds. The van der Waals surface area contributed by atoms with Gasteiger partial charge in [-0.2, -0.15) is 0 Å². The minimum Gasteiger partial charge on any atom is -0.454 e. The maximum absolute atomic E-state index is 12.9. The van der Waals surface area contributed by atoms with Crippen molar-refractivity contribution >= 4 is 29.3 Å². The number of carbonyl (C=O) groups excluding carboxylic acids is 4. The van der Waals surface area contributed by atoms with Crippen LogP contribution < -0.4 is 4.90 Å². The van der Waals surface area contributed by atoms with Gasteiger partial charge in [0.2, 0.25) is 11.8 Å². The quantitative estimate of drug-likeness (QED) is 0.431. The Morgan fingerprint density at radius 3 is 2.40 bits per heavy atom. The zero-order valence-corrected chi connectivity index (χ0v) is 16.7. The van der Waals surface area contributed by atoms with E-state index in [2.05, 4.69) is 6.92 Å². The van der Waals surface area contributed by atoms with Gasteiger partial charge in [-0.05, 0) is 43.4 Å². The summed E-state index contributed by atoms with van der Waals surface area (Å²) in [6, 6.07) is 14.8. The largest absolute Gasteiger partial charge is 0.454 e. The highest BCUT2D eigenvalue weighted by atomic mass is 16.5. The van der Waals surface area contributed by atoms with Gasteiger partial charge in [0.25, 0.3) is 0 Å². The number of rotatable bonds is 5. The van der Waals surface area contributed by atoms with E-state index in [1.807, 2.05) is 0 Å². The van der Waals surface area contributed by atoms with Crippen LogP contribution in [0, 0.1) is 17.8 Å². The van der Waals surface area contributed by atoms with Gasteiger partial charge in [-0.1, -0.05) is 43.3 Å². The van der Waals surface area contributed by atoms with E-state index >= 15 is 0 Å². The maximum Gasteiger partial charge on any atom is 0.338 e. The molecule has 0 N–H and O–H groups in total. The first-order chi connectivity index (χ1) is 14.5. The number of amides is 2. The van der Waals surface area contributed by atoms with Crippen LogP contribution >= 0.6 is 0 Å². The molecule has 6 nitrogen and oxygen atoms in total. The number of carbonyl (C=O) groups is 4. The SMILES string of the molecule is C[C@@H]1CC[C@H]2C(=O)N(c3cccc(C(=O)OCC(=O)c4ccccc4)c3)C(=O)[C@H]2C1. The lowest BCUT2D eigenvalue weighted by Crippen LogP contribution is -2.31. The van der Waals surface area contributed by atoms with Crippen LogP contribution in [0.4, 0.5) is 5.69 Å². The van der Waals surface area contributed by atoms with Crippen LogP contribution in [-0.4, -0.2) is 30.2 Å². The summed E-state index contributed by atoms with van der Waals surface area (Å²) in [4.78, 5) is 51.5. The summed E-state index contributed by atoms with van der Waals surface area (Å²) in [5, 5.41) is 0. The lowest BCUT2D eigenvalue weighted by atomic mass is 9.76. The van der Waals surface area contributed by atoms with Crippen molar-refractivity contribution in [3.8, 4) is 0 Å². The molecule has 1 aliphatic heterocycles. The van der Waals surface area contributed by atoms with Gasteiger partial charge in [0.05, 0.1) is 23.1 Å². The fraction of sp³-hybridized carbons (Fsp3) is 0.333. The number of ether oxygens (including phenoxy) is 1. The van der Waals surface area contributed by atoms with Crippen LogP contribution in [0.1, 0.15) is 46.9 Å². The first-order valence-electron chi connectivity index (χ1n) is 10.2. The number of esters is 1. The maximum atomic E-state index is 12.9. The zero-order chi connectivity index (χ0) is 21.3. The predicted molar refractivity (Wildman–Crippen MR) is 110 cm³/mol. The van der Waals surface area contributed by atoms with Gasteiger partial charge in [0, 0.05) is 5.56 Å². The average Bonchev–Trinajstić information content (AvgIpc) is 3.01. The smallest absolute Gasteiger partial charge is 0.338 e. The van der Waals surface area contributed by atoms with Gasteiger partial charge >= 0.3 is 5.97 Å².